The fourth-order valence-corrected chi connectivity index (χ4v) is 8.13. The van der Waals surface area contributed by atoms with Gasteiger partial charge in [0.25, 0.3) is 0 Å². The molecule has 4 bridgehead atoms. The Kier molecular flexibility index (Phi) is 6.60. The quantitative estimate of drug-likeness (QED) is 0.511. The molecule has 8 heteroatoms. The number of ether oxygens (including phenoxy) is 2. The minimum Gasteiger partial charge on any atom is -0.481 e. The first-order valence-electron chi connectivity index (χ1n) is 13.1. The van der Waals surface area contributed by atoms with Gasteiger partial charge in [0.1, 0.15) is 0 Å². The molecular formula is C26H36O8. The van der Waals surface area contributed by atoms with Crippen LogP contribution < -0.4 is 0 Å². The number of hydrogen-bond acceptors (Lipinski definition) is 6. The number of fused-ring (bicyclic) bond motifs is 4. The highest BCUT2D eigenvalue weighted by molar-refractivity contribution is 5.83. The van der Waals surface area contributed by atoms with E-state index in [9.17, 15) is 29.4 Å². The molecule has 8 atom stereocenters. The van der Waals surface area contributed by atoms with Crippen molar-refractivity contribution >= 4 is 23.9 Å². The minimum absolute atomic E-state index is 0.114. The van der Waals surface area contributed by atoms with Crippen LogP contribution in [0, 0.1) is 59.2 Å². The molecule has 0 aromatic rings. The maximum Gasteiger partial charge on any atom is 0.310 e. The topological polar surface area (TPSA) is 127 Å². The van der Waals surface area contributed by atoms with E-state index in [0.717, 1.165) is 64.2 Å². The predicted molar refractivity (Wildman–Crippen MR) is 118 cm³/mol. The van der Waals surface area contributed by atoms with Crippen LogP contribution >= 0.6 is 0 Å². The van der Waals surface area contributed by atoms with Crippen LogP contribution in [0.15, 0.2) is 0 Å². The molecule has 5 fully saturated rings. The number of hydrogen-bond donors (Lipinski definition) is 2. The Hall–Kier alpha value is -2.12. The molecule has 5 saturated carbocycles. The summed E-state index contributed by atoms with van der Waals surface area (Å²) >= 11 is 0. The summed E-state index contributed by atoms with van der Waals surface area (Å²) < 4.78 is 11.2. The van der Waals surface area contributed by atoms with Crippen LogP contribution in [0.5, 0.6) is 0 Å². The van der Waals surface area contributed by atoms with Gasteiger partial charge in [0.05, 0.1) is 36.9 Å². The number of esters is 2. The van der Waals surface area contributed by atoms with E-state index >= 15 is 0 Å². The molecule has 0 amide bonds. The Morgan fingerprint density at radius 2 is 0.853 bits per heavy atom. The first-order valence-corrected chi connectivity index (χ1v) is 13.1. The summed E-state index contributed by atoms with van der Waals surface area (Å²) in [5, 5.41) is 19.1. The molecule has 5 rings (SSSR count). The van der Waals surface area contributed by atoms with Crippen LogP contribution in [0.3, 0.4) is 0 Å². The predicted octanol–water partition coefficient (Wildman–Crippen LogP) is 3.37. The van der Waals surface area contributed by atoms with Gasteiger partial charge in [-0.3, -0.25) is 19.2 Å². The lowest BCUT2D eigenvalue weighted by Crippen LogP contribution is -2.37. The Morgan fingerprint density at radius 1 is 0.529 bits per heavy atom. The van der Waals surface area contributed by atoms with Gasteiger partial charge >= 0.3 is 23.9 Å². The third kappa shape index (κ3) is 4.33. The van der Waals surface area contributed by atoms with Gasteiger partial charge in [0.2, 0.25) is 0 Å². The van der Waals surface area contributed by atoms with Crippen molar-refractivity contribution in [3.63, 3.8) is 0 Å². The Morgan fingerprint density at radius 3 is 1.18 bits per heavy atom. The summed E-state index contributed by atoms with van der Waals surface area (Å²) in [7, 11) is 0. The van der Waals surface area contributed by atoms with Crippen LogP contribution in [-0.2, 0) is 28.7 Å². The van der Waals surface area contributed by atoms with E-state index in [1.54, 1.807) is 0 Å². The normalized spacial score (nSPS) is 42.5. The number of carboxylic acid groups (broad SMARTS) is 2. The van der Waals surface area contributed by atoms with E-state index in [1.165, 1.54) is 0 Å². The van der Waals surface area contributed by atoms with Crippen molar-refractivity contribution < 1.29 is 38.9 Å². The van der Waals surface area contributed by atoms with Gasteiger partial charge in [-0.05, 0) is 99.7 Å². The molecule has 2 N–H and O–H groups in total. The van der Waals surface area contributed by atoms with E-state index in [4.69, 9.17) is 9.47 Å². The molecule has 188 valence electrons. The van der Waals surface area contributed by atoms with Gasteiger partial charge in [0.15, 0.2) is 0 Å². The van der Waals surface area contributed by atoms with E-state index in [2.05, 4.69) is 0 Å². The van der Waals surface area contributed by atoms with Gasteiger partial charge in [-0.2, -0.15) is 0 Å². The monoisotopic (exact) mass is 476 g/mol. The van der Waals surface area contributed by atoms with Crippen molar-refractivity contribution in [2.75, 3.05) is 13.2 Å². The van der Waals surface area contributed by atoms with Crippen LogP contribution in [0.2, 0.25) is 0 Å². The maximum atomic E-state index is 12.7. The zero-order valence-corrected chi connectivity index (χ0v) is 19.6. The highest BCUT2D eigenvalue weighted by atomic mass is 16.5. The second-order valence-corrected chi connectivity index (χ2v) is 11.6. The van der Waals surface area contributed by atoms with Crippen molar-refractivity contribution in [1.82, 2.24) is 0 Å². The van der Waals surface area contributed by atoms with E-state index < -0.39 is 35.6 Å². The summed E-state index contributed by atoms with van der Waals surface area (Å²) in [6, 6.07) is 0. The zero-order valence-electron chi connectivity index (χ0n) is 19.6. The maximum absolute atomic E-state index is 12.7. The first-order chi connectivity index (χ1) is 16.3. The molecule has 0 aromatic heterocycles. The van der Waals surface area contributed by atoms with Gasteiger partial charge in [0, 0.05) is 0 Å². The molecule has 0 radical (unpaired) electrons. The van der Waals surface area contributed by atoms with Crippen molar-refractivity contribution in [3.8, 4) is 0 Å². The summed E-state index contributed by atoms with van der Waals surface area (Å²) in [6.07, 6.45) is 8.81. The zero-order chi connectivity index (χ0) is 24.0. The molecule has 5 aliphatic rings. The van der Waals surface area contributed by atoms with Gasteiger partial charge < -0.3 is 19.7 Å². The number of rotatable bonds is 8. The van der Waals surface area contributed by atoms with E-state index in [1.807, 2.05) is 0 Å². The summed E-state index contributed by atoms with van der Waals surface area (Å²) in [5.41, 5.74) is 0. The minimum atomic E-state index is -0.871. The second-order valence-electron chi connectivity index (χ2n) is 11.6. The smallest absolute Gasteiger partial charge is 0.310 e. The molecule has 34 heavy (non-hydrogen) atoms. The largest absolute Gasteiger partial charge is 0.481 e. The van der Waals surface area contributed by atoms with Crippen LogP contribution in [-0.4, -0.2) is 47.3 Å². The van der Waals surface area contributed by atoms with Gasteiger partial charge in [-0.25, -0.2) is 0 Å². The highest BCUT2D eigenvalue weighted by Gasteiger charge is 2.56. The third-order valence-corrected chi connectivity index (χ3v) is 9.84. The average molecular weight is 477 g/mol. The number of carbonyl (C=O) groups is 4. The Bertz CT molecular complexity index is 763. The third-order valence-electron chi connectivity index (χ3n) is 9.84. The average Bonchev–Trinajstić information content (AvgIpc) is 3.61. The second kappa shape index (κ2) is 9.50. The van der Waals surface area contributed by atoms with Crippen LogP contribution in [0.1, 0.15) is 64.2 Å². The summed E-state index contributed by atoms with van der Waals surface area (Å²) in [4.78, 5) is 48.7. The number of carboxylic acids is 2. The lowest BCUT2D eigenvalue weighted by atomic mass is 9.79. The van der Waals surface area contributed by atoms with Crippen molar-refractivity contribution in [1.29, 1.82) is 0 Å². The van der Waals surface area contributed by atoms with E-state index in [-0.39, 0.29) is 47.4 Å². The highest BCUT2D eigenvalue weighted by Crippen LogP contribution is 2.54. The molecular weight excluding hydrogens is 440 g/mol. The number of aliphatic carboxylic acids is 2. The Labute approximate surface area is 199 Å². The molecule has 0 aromatic carbocycles. The molecule has 8 nitrogen and oxygen atoms in total. The first kappa shape index (κ1) is 23.6. The molecule has 0 saturated heterocycles. The van der Waals surface area contributed by atoms with Crippen molar-refractivity contribution in [2.24, 2.45) is 59.2 Å². The lowest BCUT2D eigenvalue weighted by molar-refractivity contribution is -0.162. The SMILES string of the molecule is O=C(O)C1C2CCC(C2)C1C(=O)OCC1CCC(COC(=O)C2C3CCC(C3)C2C(=O)O)CC1. The van der Waals surface area contributed by atoms with Gasteiger partial charge in [-0.1, -0.05) is 0 Å². The molecule has 8 unspecified atom stereocenters. The summed E-state index contributed by atoms with van der Waals surface area (Å²) in [5.74, 6) is -3.55. The van der Waals surface area contributed by atoms with Gasteiger partial charge in [-0.15, -0.1) is 0 Å². The van der Waals surface area contributed by atoms with Crippen molar-refractivity contribution in [3.05, 3.63) is 0 Å². The number of carbonyl (C=O) groups excluding carboxylic acids is 2. The standard InChI is InChI=1S/C26H36O8/c27-23(28)19-15-5-7-17(9-15)21(19)25(31)33-11-13-1-2-14(4-3-13)12-34-26(32)22-18-8-6-16(10-18)20(22)24(29)30/h13-22H,1-12H2,(H,27,28)(H,29,30). The molecule has 5 aliphatic carbocycles. The molecule has 0 spiro atoms. The fraction of sp³-hybridized carbons (Fsp3) is 0.846. The van der Waals surface area contributed by atoms with Crippen LogP contribution in [0.25, 0.3) is 0 Å². The molecule has 0 aliphatic heterocycles. The fourth-order valence-electron chi connectivity index (χ4n) is 8.13. The summed E-state index contributed by atoms with van der Waals surface area (Å²) in [6.45, 7) is 0.661. The van der Waals surface area contributed by atoms with Crippen LogP contribution in [0.4, 0.5) is 0 Å². The van der Waals surface area contributed by atoms with Crippen molar-refractivity contribution in [2.45, 2.75) is 64.2 Å². The van der Waals surface area contributed by atoms with E-state index in [0.29, 0.717) is 13.2 Å². The lowest BCUT2D eigenvalue weighted by Gasteiger charge is -2.31. The molecule has 0 heterocycles. The Balaban J connectivity index is 1.04.